The van der Waals surface area contributed by atoms with Crippen LogP contribution in [0, 0.1) is 0 Å². The van der Waals surface area contributed by atoms with Crippen LogP contribution in [-0.2, 0) is 0 Å². The van der Waals surface area contributed by atoms with Gasteiger partial charge in [-0.3, -0.25) is 4.79 Å². The van der Waals surface area contributed by atoms with Crippen LogP contribution in [0.15, 0.2) is 27.7 Å². The second kappa shape index (κ2) is 5.10. The largest absolute Gasteiger partial charge is 0.310 e. The summed E-state index contributed by atoms with van der Waals surface area (Å²) in [4.78, 5) is 18.6. The lowest BCUT2D eigenvalue weighted by atomic mass is 10.2. The molecule has 4 heteroatoms. The Morgan fingerprint density at radius 3 is 2.88 bits per heavy atom. The highest BCUT2D eigenvalue weighted by molar-refractivity contribution is 7.08. The van der Waals surface area contributed by atoms with Crippen LogP contribution in [0.1, 0.15) is 36.8 Å². The second-order valence-electron chi connectivity index (χ2n) is 4.10. The third-order valence-corrected chi connectivity index (χ3v) is 3.02. The maximum absolute atomic E-state index is 11.4. The molecule has 0 aliphatic rings. The Balaban J connectivity index is 2.30. The van der Waals surface area contributed by atoms with E-state index in [4.69, 9.17) is 0 Å². The lowest BCUT2D eigenvalue weighted by Gasteiger charge is -2.03. The van der Waals surface area contributed by atoms with Crippen molar-refractivity contribution in [1.82, 2.24) is 9.97 Å². The standard InChI is InChI=1S/C13H14N2OS/c1-9(2)13-14-11(7-12(16)15-13)4-3-10-5-6-17-8-10/h3-9H,1-2H3,(H,14,15,16)/b4-3+. The van der Waals surface area contributed by atoms with E-state index in [0.717, 1.165) is 11.4 Å². The Kier molecular flexibility index (Phi) is 3.54. The highest BCUT2D eigenvalue weighted by Crippen LogP contribution is 2.11. The van der Waals surface area contributed by atoms with Gasteiger partial charge in [-0.15, -0.1) is 0 Å². The number of nitrogens with one attached hydrogen (secondary N) is 1. The molecule has 0 saturated heterocycles. The van der Waals surface area contributed by atoms with E-state index in [2.05, 4.69) is 9.97 Å². The van der Waals surface area contributed by atoms with Crippen LogP contribution in [0.3, 0.4) is 0 Å². The van der Waals surface area contributed by atoms with Crippen LogP contribution in [0.5, 0.6) is 0 Å². The van der Waals surface area contributed by atoms with Gasteiger partial charge in [0.05, 0.1) is 5.69 Å². The van der Waals surface area contributed by atoms with Crippen molar-refractivity contribution in [2.75, 3.05) is 0 Å². The smallest absolute Gasteiger partial charge is 0.251 e. The summed E-state index contributed by atoms with van der Waals surface area (Å²) in [5, 5.41) is 4.07. The maximum atomic E-state index is 11.4. The molecule has 2 heterocycles. The van der Waals surface area contributed by atoms with Gasteiger partial charge < -0.3 is 4.98 Å². The zero-order valence-corrected chi connectivity index (χ0v) is 10.6. The SMILES string of the molecule is CC(C)c1nc(/C=C/c2ccsc2)cc(=O)[nH]1. The van der Waals surface area contributed by atoms with Gasteiger partial charge in [-0.05, 0) is 28.5 Å². The fourth-order valence-corrected chi connectivity index (χ4v) is 2.03. The fourth-order valence-electron chi connectivity index (χ4n) is 1.41. The Hall–Kier alpha value is -1.68. The van der Waals surface area contributed by atoms with Crippen molar-refractivity contribution in [3.63, 3.8) is 0 Å². The van der Waals surface area contributed by atoms with Crippen molar-refractivity contribution >= 4 is 23.5 Å². The average Bonchev–Trinajstić information content (AvgIpc) is 2.78. The van der Waals surface area contributed by atoms with Gasteiger partial charge in [-0.2, -0.15) is 11.3 Å². The molecule has 0 unspecified atom stereocenters. The molecule has 1 N–H and O–H groups in total. The minimum absolute atomic E-state index is 0.103. The van der Waals surface area contributed by atoms with E-state index >= 15 is 0 Å². The Bertz CT molecular complexity index is 567. The normalized spacial score (nSPS) is 11.5. The van der Waals surface area contributed by atoms with Gasteiger partial charge >= 0.3 is 0 Å². The molecule has 0 saturated carbocycles. The number of rotatable bonds is 3. The summed E-state index contributed by atoms with van der Waals surface area (Å²) in [6, 6.07) is 3.53. The van der Waals surface area contributed by atoms with Crippen molar-refractivity contribution in [3.05, 3.63) is 50.3 Å². The van der Waals surface area contributed by atoms with Crippen LogP contribution >= 0.6 is 11.3 Å². The molecular weight excluding hydrogens is 232 g/mol. The van der Waals surface area contributed by atoms with Gasteiger partial charge in [-0.25, -0.2) is 4.98 Å². The quantitative estimate of drug-likeness (QED) is 0.904. The number of hydrogen-bond acceptors (Lipinski definition) is 3. The maximum Gasteiger partial charge on any atom is 0.251 e. The van der Waals surface area contributed by atoms with Gasteiger partial charge in [-0.1, -0.05) is 19.9 Å². The lowest BCUT2D eigenvalue weighted by molar-refractivity contribution is 0.764. The van der Waals surface area contributed by atoms with Gasteiger partial charge in [0.15, 0.2) is 0 Å². The molecule has 0 radical (unpaired) electrons. The monoisotopic (exact) mass is 246 g/mol. The fraction of sp³-hybridized carbons (Fsp3) is 0.231. The number of hydrogen-bond donors (Lipinski definition) is 1. The van der Waals surface area contributed by atoms with E-state index in [9.17, 15) is 4.79 Å². The highest BCUT2D eigenvalue weighted by Gasteiger charge is 2.03. The first-order valence-corrected chi connectivity index (χ1v) is 6.41. The highest BCUT2D eigenvalue weighted by atomic mass is 32.1. The first-order valence-electron chi connectivity index (χ1n) is 5.46. The predicted octanol–water partition coefficient (Wildman–Crippen LogP) is 3.13. The summed E-state index contributed by atoms with van der Waals surface area (Å²) in [7, 11) is 0. The van der Waals surface area contributed by atoms with Crippen molar-refractivity contribution in [2.24, 2.45) is 0 Å². The van der Waals surface area contributed by atoms with Crippen LogP contribution in [0.4, 0.5) is 0 Å². The van der Waals surface area contributed by atoms with E-state index in [0.29, 0.717) is 5.69 Å². The summed E-state index contributed by atoms with van der Waals surface area (Å²) in [6.45, 7) is 4.01. The van der Waals surface area contributed by atoms with Gasteiger partial charge in [0.2, 0.25) is 0 Å². The van der Waals surface area contributed by atoms with E-state index in [-0.39, 0.29) is 11.5 Å². The van der Waals surface area contributed by atoms with E-state index in [1.54, 1.807) is 11.3 Å². The summed E-state index contributed by atoms with van der Waals surface area (Å²) < 4.78 is 0. The Morgan fingerprint density at radius 1 is 1.41 bits per heavy atom. The summed E-state index contributed by atoms with van der Waals surface area (Å²) in [5.41, 5.74) is 1.72. The molecule has 3 nitrogen and oxygen atoms in total. The van der Waals surface area contributed by atoms with E-state index < -0.39 is 0 Å². The molecule has 0 atom stereocenters. The minimum atomic E-state index is -0.103. The molecule has 0 aliphatic carbocycles. The zero-order valence-electron chi connectivity index (χ0n) is 9.81. The molecule has 0 amide bonds. The average molecular weight is 246 g/mol. The number of aromatic amines is 1. The van der Waals surface area contributed by atoms with Crippen molar-refractivity contribution in [2.45, 2.75) is 19.8 Å². The third kappa shape index (κ3) is 3.14. The molecule has 88 valence electrons. The Labute approximate surface area is 104 Å². The molecule has 17 heavy (non-hydrogen) atoms. The van der Waals surface area contributed by atoms with E-state index in [1.807, 2.05) is 42.8 Å². The molecule has 0 spiro atoms. The van der Waals surface area contributed by atoms with Crippen molar-refractivity contribution in [3.8, 4) is 0 Å². The van der Waals surface area contributed by atoms with Gasteiger partial charge in [0, 0.05) is 12.0 Å². The second-order valence-corrected chi connectivity index (χ2v) is 4.88. The molecular formula is C13H14N2OS. The predicted molar refractivity (Wildman–Crippen MR) is 72.2 cm³/mol. The molecule has 2 aromatic rings. The lowest BCUT2D eigenvalue weighted by Crippen LogP contribution is -2.12. The topological polar surface area (TPSA) is 45.8 Å². The van der Waals surface area contributed by atoms with E-state index in [1.165, 1.54) is 6.07 Å². The number of thiophene rings is 1. The molecule has 0 aliphatic heterocycles. The van der Waals surface area contributed by atoms with Gasteiger partial charge in [0.25, 0.3) is 5.56 Å². The van der Waals surface area contributed by atoms with Crippen molar-refractivity contribution < 1.29 is 0 Å². The molecule has 0 aromatic carbocycles. The number of aromatic nitrogens is 2. The number of nitrogens with zero attached hydrogens (tertiary/aromatic N) is 1. The molecule has 2 aromatic heterocycles. The van der Waals surface area contributed by atoms with Crippen LogP contribution < -0.4 is 5.56 Å². The first-order chi connectivity index (χ1) is 8.15. The summed E-state index contributed by atoms with van der Waals surface area (Å²) in [5.74, 6) is 0.944. The zero-order chi connectivity index (χ0) is 12.3. The summed E-state index contributed by atoms with van der Waals surface area (Å²) in [6.07, 6.45) is 3.82. The van der Waals surface area contributed by atoms with Crippen LogP contribution in [0.2, 0.25) is 0 Å². The molecule has 0 bridgehead atoms. The minimum Gasteiger partial charge on any atom is -0.310 e. The molecule has 2 rings (SSSR count). The molecule has 0 fully saturated rings. The van der Waals surface area contributed by atoms with Crippen LogP contribution in [-0.4, -0.2) is 9.97 Å². The third-order valence-electron chi connectivity index (χ3n) is 2.32. The van der Waals surface area contributed by atoms with Gasteiger partial charge in [0.1, 0.15) is 5.82 Å². The Morgan fingerprint density at radius 2 is 2.24 bits per heavy atom. The van der Waals surface area contributed by atoms with Crippen molar-refractivity contribution in [1.29, 1.82) is 0 Å². The first kappa shape index (κ1) is 11.8. The number of H-pyrrole nitrogens is 1. The summed E-state index contributed by atoms with van der Waals surface area (Å²) >= 11 is 1.65. The van der Waals surface area contributed by atoms with Crippen LogP contribution in [0.25, 0.3) is 12.2 Å².